The quantitative estimate of drug-likeness (QED) is 0.806. The summed E-state index contributed by atoms with van der Waals surface area (Å²) in [6, 6.07) is 10.2. The Morgan fingerprint density at radius 1 is 1.27 bits per heavy atom. The minimum absolute atomic E-state index is 0.316. The Hall–Kier alpha value is -1.41. The molecule has 2 aliphatic rings. The van der Waals surface area contributed by atoms with E-state index in [1.165, 1.54) is 24.9 Å². The Kier molecular flexibility index (Phi) is 5.09. The molecule has 4 nitrogen and oxygen atoms in total. The summed E-state index contributed by atoms with van der Waals surface area (Å²) < 4.78 is 5.93. The maximum atomic E-state index is 8.90. The lowest BCUT2D eigenvalue weighted by atomic mass is 10.1. The van der Waals surface area contributed by atoms with Crippen LogP contribution in [0.4, 0.5) is 0 Å². The minimum Gasteiger partial charge on any atom is -0.374 e. The van der Waals surface area contributed by atoms with Crippen LogP contribution in [-0.2, 0) is 11.3 Å². The molecule has 118 valence electrons. The van der Waals surface area contributed by atoms with Crippen molar-refractivity contribution in [1.29, 1.82) is 5.26 Å². The molecule has 0 unspecified atom stereocenters. The summed E-state index contributed by atoms with van der Waals surface area (Å²) >= 11 is 0. The van der Waals surface area contributed by atoms with Crippen molar-refractivity contribution >= 4 is 0 Å². The average molecular weight is 299 g/mol. The molecule has 3 rings (SSSR count). The van der Waals surface area contributed by atoms with Crippen molar-refractivity contribution in [1.82, 2.24) is 9.80 Å². The van der Waals surface area contributed by atoms with E-state index in [4.69, 9.17) is 10.00 Å². The molecule has 1 aromatic carbocycles. The van der Waals surface area contributed by atoms with Crippen LogP contribution in [0.1, 0.15) is 24.0 Å². The van der Waals surface area contributed by atoms with E-state index in [1.54, 1.807) is 0 Å². The normalized spacial score (nSPS) is 22.7. The molecule has 22 heavy (non-hydrogen) atoms. The number of morpholine rings is 1. The molecule has 0 N–H and O–H groups in total. The number of hydrogen-bond donors (Lipinski definition) is 0. The van der Waals surface area contributed by atoms with Crippen molar-refractivity contribution in [3.05, 3.63) is 35.4 Å². The van der Waals surface area contributed by atoms with Crippen LogP contribution in [0.3, 0.4) is 0 Å². The van der Waals surface area contributed by atoms with Gasteiger partial charge in [-0.1, -0.05) is 12.1 Å². The molecule has 2 fully saturated rings. The van der Waals surface area contributed by atoms with Gasteiger partial charge in [-0.25, -0.2) is 0 Å². The summed E-state index contributed by atoms with van der Waals surface area (Å²) in [5, 5.41) is 8.90. The second-order valence-corrected chi connectivity index (χ2v) is 6.70. The molecule has 0 spiro atoms. The highest BCUT2D eigenvalue weighted by Crippen LogP contribution is 2.30. The first-order chi connectivity index (χ1) is 10.7. The Bertz CT molecular complexity index is 518. The number of nitrogens with zero attached hydrogens (tertiary/aromatic N) is 3. The molecule has 1 saturated carbocycles. The second kappa shape index (κ2) is 7.23. The van der Waals surface area contributed by atoms with Crippen molar-refractivity contribution in [2.75, 3.05) is 39.8 Å². The zero-order chi connectivity index (χ0) is 15.4. The molecule has 1 atom stereocenters. The van der Waals surface area contributed by atoms with Gasteiger partial charge in [-0.15, -0.1) is 0 Å². The zero-order valence-corrected chi connectivity index (χ0v) is 13.4. The molecular formula is C18H25N3O. The standard InChI is InChI=1S/C18H25N3O/c1-20-8-9-22-18(13-20)14-21(12-17-6-7-17)11-16-4-2-15(10-19)3-5-16/h2-5,17-18H,6-9,11-14H2,1H3/t18-/m0/s1. The molecule has 4 heteroatoms. The van der Waals surface area contributed by atoms with E-state index in [0.717, 1.165) is 44.3 Å². The Labute approximate surface area is 133 Å². The summed E-state index contributed by atoms with van der Waals surface area (Å²) in [5.41, 5.74) is 2.01. The maximum absolute atomic E-state index is 8.90. The molecule has 0 aromatic heterocycles. The summed E-state index contributed by atoms with van der Waals surface area (Å²) in [5.74, 6) is 0.875. The Morgan fingerprint density at radius 2 is 2.05 bits per heavy atom. The van der Waals surface area contributed by atoms with E-state index in [9.17, 15) is 0 Å². The number of ether oxygens (including phenoxy) is 1. The molecular weight excluding hydrogens is 274 g/mol. The number of hydrogen-bond acceptors (Lipinski definition) is 4. The first-order valence-electron chi connectivity index (χ1n) is 8.24. The largest absolute Gasteiger partial charge is 0.374 e. The summed E-state index contributed by atoms with van der Waals surface area (Å²) in [6.45, 7) is 6.02. The van der Waals surface area contributed by atoms with Crippen LogP contribution in [-0.4, -0.2) is 55.7 Å². The van der Waals surface area contributed by atoms with E-state index in [1.807, 2.05) is 12.1 Å². The Balaban J connectivity index is 1.59. The highest BCUT2D eigenvalue weighted by molar-refractivity contribution is 5.31. The third-order valence-electron chi connectivity index (χ3n) is 4.51. The number of likely N-dealkylation sites (N-methyl/N-ethyl adjacent to an activating group) is 1. The molecule has 0 amide bonds. The third kappa shape index (κ3) is 4.54. The number of nitriles is 1. The average Bonchev–Trinajstić information content (AvgIpc) is 3.32. The molecule has 1 aromatic rings. The van der Waals surface area contributed by atoms with E-state index in [2.05, 4.69) is 35.0 Å². The maximum Gasteiger partial charge on any atom is 0.0991 e. The first kappa shape index (κ1) is 15.5. The van der Waals surface area contributed by atoms with E-state index in [-0.39, 0.29) is 0 Å². The van der Waals surface area contributed by atoms with Gasteiger partial charge in [0.05, 0.1) is 24.3 Å². The predicted octanol–water partition coefficient (Wildman–Crippen LogP) is 2.10. The van der Waals surface area contributed by atoms with Crippen molar-refractivity contribution in [2.24, 2.45) is 5.92 Å². The zero-order valence-electron chi connectivity index (χ0n) is 13.4. The lowest BCUT2D eigenvalue weighted by molar-refractivity contribution is -0.0372. The highest BCUT2D eigenvalue weighted by atomic mass is 16.5. The van der Waals surface area contributed by atoms with Crippen molar-refractivity contribution in [2.45, 2.75) is 25.5 Å². The number of rotatable bonds is 6. The highest BCUT2D eigenvalue weighted by Gasteiger charge is 2.27. The van der Waals surface area contributed by atoms with Crippen molar-refractivity contribution in [3.8, 4) is 6.07 Å². The molecule has 0 radical (unpaired) electrons. The SMILES string of the molecule is CN1CCO[C@H](CN(Cc2ccc(C#N)cc2)CC2CC2)C1. The summed E-state index contributed by atoms with van der Waals surface area (Å²) in [4.78, 5) is 4.88. The molecule has 1 aliphatic heterocycles. The molecule has 1 heterocycles. The lowest BCUT2D eigenvalue weighted by Gasteiger charge is -2.34. The van der Waals surface area contributed by atoms with Crippen LogP contribution < -0.4 is 0 Å². The van der Waals surface area contributed by atoms with Gasteiger partial charge >= 0.3 is 0 Å². The monoisotopic (exact) mass is 299 g/mol. The van der Waals surface area contributed by atoms with Crippen LogP contribution in [0.25, 0.3) is 0 Å². The van der Waals surface area contributed by atoms with Crippen molar-refractivity contribution in [3.63, 3.8) is 0 Å². The smallest absolute Gasteiger partial charge is 0.0991 e. The summed E-state index contributed by atoms with van der Waals surface area (Å²) in [7, 11) is 2.17. The second-order valence-electron chi connectivity index (χ2n) is 6.70. The van der Waals surface area contributed by atoms with Gasteiger partial charge in [-0.3, -0.25) is 4.90 Å². The minimum atomic E-state index is 0.316. The number of benzene rings is 1. The molecule has 1 saturated heterocycles. The first-order valence-corrected chi connectivity index (χ1v) is 8.24. The Morgan fingerprint density at radius 3 is 2.68 bits per heavy atom. The fourth-order valence-electron chi connectivity index (χ4n) is 3.08. The molecule has 1 aliphatic carbocycles. The predicted molar refractivity (Wildman–Crippen MR) is 86.4 cm³/mol. The third-order valence-corrected chi connectivity index (χ3v) is 4.51. The fraction of sp³-hybridized carbons (Fsp3) is 0.611. The fourth-order valence-corrected chi connectivity index (χ4v) is 3.08. The van der Waals surface area contributed by atoms with Gasteiger partial charge in [0.2, 0.25) is 0 Å². The topological polar surface area (TPSA) is 39.5 Å². The van der Waals surface area contributed by atoms with Gasteiger partial charge in [-0.05, 0) is 43.5 Å². The van der Waals surface area contributed by atoms with Crippen LogP contribution in [0.15, 0.2) is 24.3 Å². The van der Waals surface area contributed by atoms with E-state index >= 15 is 0 Å². The summed E-state index contributed by atoms with van der Waals surface area (Å²) in [6.07, 6.45) is 3.06. The van der Waals surface area contributed by atoms with Crippen molar-refractivity contribution < 1.29 is 4.74 Å². The van der Waals surface area contributed by atoms with Gasteiger partial charge in [-0.2, -0.15) is 5.26 Å². The van der Waals surface area contributed by atoms with Crippen LogP contribution in [0, 0.1) is 17.2 Å². The van der Waals surface area contributed by atoms with Gasteiger partial charge in [0.25, 0.3) is 0 Å². The van der Waals surface area contributed by atoms with E-state index < -0.39 is 0 Å². The van der Waals surface area contributed by atoms with Crippen LogP contribution >= 0.6 is 0 Å². The van der Waals surface area contributed by atoms with Crippen LogP contribution in [0.2, 0.25) is 0 Å². The molecule has 0 bridgehead atoms. The van der Waals surface area contributed by atoms with E-state index in [0.29, 0.717) is 6.10 Å². The lowest BCUT2D eigenvalue weighted by Crippen LogP contribution is -2.46. The van der Waals surface area contributed by atoms with Crippen LogP contribution in [0.5, 0.6) is 0 Å². The van der Waals surface area contributed by atoms with Gasteiger partial charge in [0, 0.05) is 32.7 Å². The van der Waals surface area contributed by atoms with Gasteiger partial charge in [0.1, 0.15) is 0 Å². The van der Waals surface area contributed by atoms with Gasteiger partial charge in [0.15, 0.2) is 0 Å². The van der Waals surface area contributed by atoms with Gasteiger partial charge < -0.3 is 9.64 Å².